The van der Waals surface area contributed by atoms with Crippen molar-refractivity contribution in [2.75, 3.05) is 0 Å². The highest BCUT2D eigenvalue weighted by atomic mass is 32.2. The van der Waals surface area contributed by atoms with E-state index in [1.807, 2.05) is 6.92 Å². The average molecular weight is 329 g/mol. The van der Waals surface area contributed by atoms with Crippen molar-refractivity contribution >= 4 is 27.3 Å². The number of hydrogen-bond acceptors (Lipinski definition) is 5. The van der Waals surface area contributed by atoms with Gasteiger partial charge >= 0.3 is 5.97 Å². The number of carboxylic acids is 1. The van der Waals surface area contributed by atoms with Gasteiger partial charge in [0.1, 0.15) is 17.1 Å². The first-order valence-corrected chi connectivity index (χ1v) is 8.40. The Bertz CT molecular complexity index is 786. The first kappa shape index (κ1) is 15.7. The van der Waals surface area contributed by atoms with Crippen LogP contribution in [0.5, 0.6) is 0 Å². The lowest BCUT2D eigenvalue weighted by Crippen LogP contribution is -2.23. The highest BCUT2D eigenvalue weighted by Crippen LogP contribution is 2.25. The Morgan fingerprint density at radius 2 is 2.00 bits per heavy atom. The zero-order valence-corrected chi connectivity index (χ0v) is 13.4. The molecule has 0 aliphatic carbocycles. The molecule has 0 aliphatic heterocycles. The van der Waals surface area contributed by atoms with Gasteiger partial charge in [-0.2, -0.15) is 0 Å². The van der Waals surface area contributed by atoms with Gasteiger partial charge in [0.15, 0.2) is 0 Å². The number of thiophene rings is 1. The summed E-state index contributed by atoms with van der Waals surface area (Å²) < 4.78 is 32.1. The molecular formula is C13H15NO5S2. The Morgan fingerprint density at radius 3 is 2.48 bits per heavy atom. The van der Waals surface area contributed by atoms with Gasteiger partial charge in [0, 0.05) is 9.75 Å². The predicted octanol–water partition coefficient (Wildman–Crippen LogP) is 2.44. The van der Waals surface area contributed by atoms with Crippen molar-refractivity contribution in [3.63, 3.8) is 0 Å². The molecule has 0 spiro atoms. The second-order valence-corrected chi connectivity index (χ2v) is 7.79. The predicted molar refractivity (Wildman–Crippen MR) is 78.2 cm³/mol. The summed E-state index contributed by atoms with van der Waals surface area (Å²) in [5.41, 5.74) is 0.0340. The molecule has 2 rings (SSSR count). The van der Waals surface area contributed by atoms with Crippen molar-refractivity contribution in [2.24, 2.45) is 0 Å². The van der Waals surface area contributed by atoms with Crippen LogP contribution in [0.1, 0.15) is 31.6 Å². The van der Waals surface area contributed by atoms with Gasteiger partial charge in [0.2, 0.25) is 10.0 Å². The van der Waals surface area contributed by atoms with Gasteiger partial charge < -0.3 is 9.52 Å². The first-order valence-electron chi connectivity index (χ1n) is 6.10. The lowest BCUT2D eigenvalue weighted by atomic mass is 10.2. The van der Waals surface area contributed by atoms with Gasteiger partial charge in [-0.15, -0.1) is 11.3 Å². The fourth-order valence-corrected chi connectivity index (χ4v) is 4.51. The molecule has 0 radical (unpaired) electrons. The summed E-state index contributed by atoms with van der Waals surface area (Å²) in [7, 11) is -3.64. The van der Waals surface area contributed by atoms with Gasteiger partial charge in [-0.25, -0.2) is 17.9 Å². The van der Waals surface area contributed by atoms with Gasteiger partial charge in [-0.3, -0.25) is 0 Å². The summed E-state index contributed by atoms with van der Waals surface area (Å²) >= 11 is 1.41. The third-order valence-corrected chi connectivity index (χ3v) is 5.54. The Hall–Kier alpha value is -1.64. The van der Waals surface area contributed by atoms with Crippen LogP contribution in [0.3, 0.4) is 0 Å². The summed E-state index contributed by atoms with van der Waals surface area (Å²) in [4.78, 5) is 12.8. The number of aryl methyl sites for hydroxylation is 3. The van der Waals surface area contributed by atoms with Crippen LogP contribution in [0, 0.1) is 20.8 Å². The molecule has 2 N–H and O–H groups in total. The van der Waals surface area contributed by atoms with Crippen molar-refractivity contribution in [1.29, 1.82) is 0 Å². The summed E-state index contributed by atoms with van der Waals surface area (Å²) in [5.74, 6) is -0.591. The molecule has 0 aromatic carbocycles. The van der Waals surface area contributed by atoms with Gasteiger partial charge in [-0.1, -0.05) is 0 Å². The van der Waals surface area contributed by atoms with Crippen molar-refractivity contribution in [1.82, 2.24) is 4.72 Å². The lowest BCUT2D eigenvalue weighted by molar-refractivity contribution is 0.0695. The fraction of sp³-hybridized carbons (Fsp3) is 0.308. The molecule has 2 aromatic rings. The monoisotopic (exact) mass is 329 g/mol. The van der Waals surface area contributed by atoms with Gasteiger partial charge in [0.25, 0.3) is 0 Å². The van der Waals surface area contributed by atoms with E-state index in [0.29, 0.717) is 4.88 Å². The molecule has 2 aromatic heterocycles. The van der Waals surface area contributed by atoms with Crippen molar-refractivity contribution in [2.45, 2.75) is 32.2 Å². The van der Waals surface area contributed by atoms with E-state index in [0.717, 1.165) is 4.88 Å². The van der Waals surface area contributed by atoms with Crippen LogP contribution in [0.25, 0.3) is 0 Å². The molecule has 0 amide bonds. The van der Waals surface area contributed by atoms with Crippen LogP contribution in [0.15, 0.2) is 21.4 Å². The number of carbonyl (C=O) groups is 1. The Kier molecular flexibility index (Phi) is 4.22. The Balaban J connectivity index is 2.17. The fourth-order valence-electron chi connectivity index (χ4n) is 1.96. The highest BCUT2D eigenvalue weighted by molar-refractivity contribution is 7.89. The minimum Gasteiger partial charge on any atom is -0.478 e. The van der Waals surface area contributed by atoms with E-state index in [2.05, 4.69) is 4.72 Å². The maximum absolute atomic E-state index is 12.2. The Morgan fingerprint density at radius 1 is 1.33 bits per heavy atom. The molecule has 0 atom stereocenters. The molecule has 0 fully saturated rings. The molecule has 0 unspecified atom stereocenters. The highest BCUT2D eigenvalue weighted by Gasteiger charge is 2.20. The molecule has 0 saturated carbocycles. The van der Waals surface area contributed by atoms with Crippen molar-refractivity contribution in [3.8, 4) is 0 Å². The molecule has 114 valence electrons. The van der Waals surface area contributed by atoms with E-state index in [1.54, 1.807) is 13.0 Å². The standard InChI is InChI=1S/C13H15NO5S2/c1-7-4-12(9(3)20-7)21(17,18)14-6-10-5-11(13(15)16)8(2)19-10/h4-5,14H,6H2,1-3H3,(H,15,16). The number of sulfonamides is 1. The molecule has 6 nitrogen and oxygen atoms in total. The molecule has 8 heteroatoms. The third kappa shape index (κ3) is 3.34. The summed E-state index contributed by atoms with van der Waals surface area (Å²) in [6.07, 6.45) is 0. The van der Waals surface area contributed by atoms with Gasteiger partial charge in [-0.05, 0) is 32.9 Å². The number of furan rings is 1. The second kappa shape index (κ2) is 5.63. The minimum absolute atomic E-state index is 0.0340. The maximum Gasteiger partial charge on any atom is 0.339 e. The van der Waals surface area contributed by atoms with E-state index in [1.165, 1.54) is 24.3 Å². The summed E-state index contributed by atoms with van der Waals surface area (Å²) in [6, 6.07) is 2.93. The average Bonchev–Trinajstić information content (AvgIpc) is 2.90. The van der Waals surface area contributed by atoms with Crippen LogP contribution < -0.4 is 4.72 Å². The number of hydrogen-bond donors (Lipinski definition) is 2. The third-order valence-electron chi connectivity index (χ3n) is 2.92. The molecule has 0 aliphatic rings. The van der Waals surface area contributed by atoms with Crippen LogP contribution >= 0.6 is 11.3 Å². The van der Waals surface area contributed by atoms with Crippen LogP contribution in [0.2, 0.25) is 0 Å². The van der Waals surface area contributed by atoms with E-state index in [-0.39, 0.29) is 28.5 Å². The smallest absolute Gasteiger partial charge is 0.339 e. The maximum atomic E-state index is 12.2. The Labute approximate surface area is 126 Å². The number of carboxylic acid groups (broad SMARTS) is 1. The van der Waals surface area contributed by atoms with E-state index >= 15 is 0 Å². The lowest BCUT2D eigenvalue weighted by Gasteiger charge is -2.04. The first-order chi connectivity index (χ1) is 9.70. The second-order valence-electron chi connectivity index (χ2n) is 4.59. The molecule has 0 bridgehead atoms. The quantitative estimate of drug-likeness (QED) is 0.878. The van der Waals surface area contributed by atoms with Gasteiger partial charge in [0.05, 0.1) is 11.4 Å². The topological polar surface area (TPSA) is 96.6 Å². The van der Waals surface area contributed by atoms with Crippen molar-refractivity contribution in [3.05, 3.63) is 39.0 Å². The van der Waals surface area contributed by atoms with E-state index < -0.39 is 16.0 Å². The van der Waals surface area contributed by atoms with Crippen LogP contribution in [-0.4, -0.2) is 19.5 Å². The van der Waals surface area contributed by atoms with Crippen LogP contribution in [-0.2, 0) is 16.6 Å². The molecule has 0 saturated heterocycles. The van der Waals surface area contributed by atoms with E-state index in [4.69, 9.17) is 9.52 Å². The molecule has 2 heterocycles. The summed E-state index contributed by atoms with van der Waals surface area (Å²) in [6.45, 7) is 5.01. The van der Waals surface area contributed by atoms with Crippen LogP contribution in [0.4, 0.5) is 0 Å². The molecule has 21 heavy (non-hydrogen) atoms. The number of aromatic carboxylic acids is 1. The molecular weight excluding hydrogens is 314 g/mol. The summed E-state index contributed by atoms with van der Waals surface area (Å²) in [5, 5.41) is 8.93. The zero-order valence-electron chi connectivity index (χ0n) is 11.8. The number of nitrogens with one attached hydrogen (secondary N) is 1. The minimum atomic E-state index is -3.64. The zero-order chi connectivity index (χ0) is 15.8. The normalized spacial score (nSPS) is 11.8. The van der Waals surface area contributed by atoms with E-state index in [9.17, 15) is 13.2 Å². The largest absolute Gasteiger partial charge is 0.478 e. The van der Waals surface area contributed by atoms with Crippen molar-refractivity contribution < 1.29 is 22.7 Å². The SMILES string of the molecule is Cc1cc(S(=O)(=O)NCc2cc(C(=O)O)c(C)o2)c(C)s1. The number of rotatable bonds is 5.